The molecule has 0 saturated heterocycles. The molecule has 0 aliphatic rings. The number of rotatable bonds is 1. The SMILES string of the molecule is N#CNc1ccc(Cl)cc1Br. The first-order valence-electron chi connectivity index (χ1n) is 2.84. The van der Waals surface area contributed by atoms with Gasteiger partial charge in [0.1, 0.15) is 0 Å². The lowest BCUT2D eigenvalue weighted by Crippen LogP contribution is -1.87. The van der Waals surface area contributed by atoms with E-state index < -0.39 is 0 Å². The van der Waals surface area contributed by atoms with Crippen LogP contribution in [0.3, 0.4) is 0 Å². The third kappa shape index (κ3) is 2.11. The van der Waals surface area contributed by atoms with Crippen LogP contribution in [0.1, 0.15) is 0 Å². The summed E-state index contributed by atoms with van der Waals surface area (Å²) in [5.41, 5.74) is 0.719. The molecule has 1 aromatic rings. The molecule has 56 valence electrons. The minimum Gasteiger partial charge on any atom is -0.292 e. The summed E-state index contributed by atoms with van der Waals surface area (Å²) in [6.45, 7) is 0. The van der Waals surface area contributed by atoms with Crippen molar-refractivity contribution in [2.75, 3.05) is 5.32 Å². The molecule has 0 atom stereocenters. The Hall–Kier alpha value is -0.720. The van der Waals surface area contributed by atoms with Crippen LogP contribution in [0.5, 0.6) is 0 Å². The average molecular weight is 231 g/mol. The Kier molecular flexibility index (Phi) is 2.75. The molecule has 0 amide bonds. The monoisotopic (exact) mass is 230 g/mol. The highest BCUT2D eigenvalue weighted by Crippen LogP contribution is 2.25. The average Bonchev–Trinajstić information content (AvgIpc) is 1.95. The van der Waals surface area contributed by atoms with E-state index in [-0.39, 0.29) is 0 Å². The molecule has 1 N–H and O–H groups in total. The van der Waals surface area contributed by atoms with Gasteiger partial charge in [0.05, 0.1) is 5.69 Å². The number of halogens is 2. The van der Waals surface area contributed by atoms with Crippen molar-refractivity contribution in [3.8, 4) is 6.19 Å². The summed E-state index contributed by atoms with van der Waals surface area (Å²) in [6.07, 6.45) is 1.82. The lowest BCUT2D eigenvalue weighted by Gasteiger charge is -1.99. The lowest BCUT2D eigenvalue weighted by atomic mass is 10.3. The van der Waals surface area contributed by atoms with Crippen molar-refractivity contribution in [3.63, 3.8) is 0 Å². The van der Waals surface area contributed by atoms with Crippen LogP contribution in [0, 0.1) is 11.5 Å². The molecule has 4 heteroatoms. The molecule has 0 heterocycles. The van der Waals surface area contributed by atoms with E-state index in [0.29, 0.717) is 5.02 Å². The first-order valence-corrected chi connectivity index (χ1v) is 4.01. The standard InChI is InChI=1S/C7H4BrClN2/c8-6-3-5(9)1-2-7(6)11-4-10/h1-3,11H. The third-order valence-electron chi connectivity index (χ3n) is 1.12. The predicted octanol–water partition coefficient (Wildman–Crippen LogP) is 3.00. The number of nitrogens with zero attached hydrogens (tertiary/aromatic N) is 1. The molecule has 2 nitrogen and oxygen atoms in total. The van der Waals surface area contributed by atoms with Crippen molar-refractivity contribution >= 4 is 33.2 Å². The van der Waals surface area contributed by atoms with Crippen LogP contribution >= 0.6 is 27.5 Å². The minimum atomic E-state index is 0.639. The first kappa shape index (κ1) is 8.38. The van der Waals surface area contributed by atoms with Crippen molar-refractivity contribution in [2.24, 2.45) is 0 Å². The highest BCUT2D eigenvalue weighted by molar-refractivity contribution is 9.10. The van der Waals surface area contributed by atoms with Crippen LogP contribution in [-0.4, -0.2) is 0 Å². The fraction of sp³-hybridized carbons (Fsp3) is 0. The van der Waals surface area contributed by atoms with E-state index in [1.165, 1.54) is 0 Å². The maximum absolute atomic E-state index is 8.30. The van der Waals surface area contributed by atoms with Crippen LogP contribution in [0.2, 0.25) is 5.02 Å². The van der Waals surface area contributed by atoms with Gasteiger partial charge in [-0.25, -0.2) is 0 Å². The Morgan fingerprint density at radius 2 is 2.27 bits per heavy atom. The van der Waals surface area contributed by atoms with Crippen molar-refractivity contribution in [2.45, 2.75) is 0 Å². The molecule has 0 saturated carbocycles. The Bertz CT molecular complexity index is 306. The van der Waals surface area contributed by atoms with Gasteiger partial charge in [-0.1, -0.05) is 11.6 Å². The molecular formula is C7H4BrClN2. The van der Waals surface area contributed by atoms with Crippen molar-refractivity contribution in [1.82, 2.24) is 0 Å². The molecule has 11 heavy (non-hydrogen) atoms. The maximum Gasteiger partial charge on any atom is 0.181 e. The molecule has 0 spiro atoms. The Balaban J connectivity index is 3.01. The summed E-state index contributed by atoms with van der Waals surface area (Å²) in [5.74, 6) is 0. The van der Waals surface area contributed by atoms with Crippen LogP contribution in [0.25, 0.3) is 0 Å². The Labute approximate surface area is 77.9 Å². The molecule has 0 bridgehead atoms. The molecule has 0 radical (unpaired) electrons. The van der Waals surface area contributed by atoms with Gasteiger partial charge in [-0.2, -0.15) is 5.26 Å². The Morgan fingerprint density at radius 3 is 2.82 bits per heavy atom. The fourth-order valence-corrected chi connectivity index (χ4v) is 1.43. The first-order chi connectivity index (χ1) is 5.24. The predicted molar refractivity (Wildman–Crippen MR) is 48.4 cm³/mol. The second-order valence-corrected chi connectivity index (χ2v) is 3.15. The van der Waals surface area contributed by atoms with Gasteiger partial charge in [0.2, 0.25) is 0 Å². The van der Waals surface area contributed by atoms with Gasteiger partial charge in [-0.15, -0.1) is 0 Å². The zero-order valence-corrected chi connectivity index (χ0v) is 7.78. The van der Waals surface area contributed by atoms with Crippen LogP contribution < -0.4 is 5.32 Å². The topological polar surface area (TPSA) is 35.8 Å². The summed E-state index contributed by atoms with van der Waals surface area (Å²) in [4.78, 5) is 0. The highest BCUT2D eigenvalue weighted by Gasteiger charge is 1.97. The number of nitrogens with one attached hydrogen (secondary N) is 1. The molecule has 1 rings (SSSR count). The maximum atomic E-state index is 8.30. The quantitative estimate of drug-likeness (QED) is 0.596. The second kappa shape index (κ2) is 3.61. The van der Waals surface area contributed by atoms with E-state index in [4.69, 9.17) is 16.9 Å². The smallest absolute Gasteiger partial charge is 0.181 e. The van der Waals surface area contributed by atoms with Crippen molar-refractivity contribution in [3.05, 3.63) is 27.7 Å². The third-order valence-corrected chi connectivity index (χ3v) is 2.01. The van der Waals surface area contributed by atoms with E-state index in [1.54, 1.807) is 18.2 Å². The number of hydrogen-bond donors (Lipinski definition) is 1. The van der Waals surface area contributed by atoms with Crippen molar-refractivity contribution < 1.29 is 0 Å². The summed E-state index contributed by atoms with van der Waals surface area (Å²) < 4.78 is 0.784. The molecule has 0 aliphatic heterocycles. The van der Waals surface area contributed by atoms with E-state index in [0.717, 1.165) is 10.2 Å². The second-order valence-electron chi connectivity index (χ2n) is 1.86. The summed E-state index contributed by atoms with van der Waals surface area (Å²) in [5, 5.41) is 11.4. The zero-order chi connectivity index (χ0) is 8.27. The molecule has 1 aromatic carbocycles. The van der Waals surface area contributed by atoms with Gasteiger partial charge in [-0.3, -0.25) is 5.32 Å². The summed E-state index contributed by atoms with van der Waals surface area (Å²) in [7, 11) is 0. The minimum absolute atomic E-state index is 0.639. The van der Waals surface area contributed by atoms with Crippen LogP contribution in [-0.2, 0) is 0 Å². The van der Waals surface area contributed by atoms with Gasteiger partial charge >= 0.3 is 0 Å². The highest BCUT2D eigenvalue weighted by atomic mass is 79.9. The zero-order valence-electron chi connectivity index (χ0n) is 5.44. The molecule has 0 fully saturated rings. The van der Waals surface area contributed by atoms with Crippen LogP contribution in [0.4, 0.5) is 5.69 Å². The summed E-state index contributed by atoms with van der Waals surface area (Å²) in [6, 6.07) is 5.17. The normalized spacial score (nSPS) is 8.82. The van der Waals surface area contributed by atoms with Gasteiger partial charge in [0.25, 0.3) is 0 Å². The Morgan fingerprint density at radius 1 is 1.55 bits per heavy atom. The molecule has 0 aromatic heterocycles. The number of anilines is 1. The number of benzene rings is 1. The number of hydrogen-bond acceptors (Lipinski definition) is 2. The van der Waals surface area contributed by atoms with E-state index in [2.05, 4.69) is 21.2 Å². The summed E-state index contributed by atoms with van der Waals surface area (Å²) >= 11 is 8.93. The lowest BCUT2D eigenvalue weighted by molar-refractivity contribution is 1.46. The molecule has 0 unspecified atom stereocenters. The van der Waals surface area contributed by atoms with E-state index in [1.807, 2.05) is 6.19 Å². The largest absolute Gasteiger partial charge is 0.292 e. The fourth-order valence-electron chi connectivity index (χ4n) is 0.651. The van der Waals surface area contributed by atoms with E-state index >= 15 is 0 Å². The van der Waals surface area contributed by atoms with E-state index in [9.17, 15) is 0 Å². The van der Waals surface area contributed by atoms with Crippen LogP contribution in [0.15, 0.2) is 22.7 Å². The molecule has 0 aliphatic carbocycles. The van der Waals surface area contributed by atoms with Gasteiger partial charge in [0.15, 0.2) is 6.19 Å². The van der Waals surface area contributed by atoms with Gasteiger partial charge in [0, 0.05) is 9.50 Å². The molecular weight excluding hydrogens is 227 g/mol. The van der Waals surface area contributed by atoms with Crippen molar-refractivity contribution in [1.29, 1.82) is 5.26 Å². The number of nitriles is 1. The van der Waals surface area contributed by atoms with Gasteiger partial charge < -0.3 is 0 Å². The van der Waals surface area contributed by atoms with Gasteiger partial charge in [-0.05, 0) is 34.1 Å².